The monoisotopic (exact) mass is 593 g/mol. The van der Waals surface area contributed by atoms with Crippen molar-refractivity contribution in [3.05, 3.63) is 24.3 Å². The number of rotatable bonds is 32. The lowest BCUT2D eigenvalue weighted by Crippen LogP contribution is -2.28. The fourth-order valence-electron chi connectivity index (χ4n) is 4.99. The van der Waals surface area contributed by atoms with Crippen molar-refractivity contribution < 1.29 is 24.2 Å². The van der Waals surface area contributed by atoms with Crippen molar-refractivity contribution in [2.24, 2.45) is 0 Å². The molecule has 0 aromatic heterocycles. The molecule has 0 aromatic rings. The maximum absolute atomic E-state index is 12.1. The van der Waals surface area contributed by atoms with Crippen LogP contribution in [0, 0.1) is 0 Å². The van der Waals surface area contributed by atoms with E-state index in [1.54, 1.807) is 0 Å². The van der Waals surface area contributed by atoms with Crippen LogP contribution in [0.3, 0.4) is 0 Å². The molecule has 0 aromatic carbocycles. The summed E-state index contributed by atoms with van der Waals surface area (Å²) in [5, 5.41) is 9.51. The van der Waals surface area contributed by atoms with Gasteiger partial charge in [0.25, 0.3) is 0 Å². The van der Waals surface area contributed by atoms with Gasteiger partial charge in [-0.25, -0.2) is 0 Å². The smallest absolute Gasteiger partial charge is 0.306 e. The predicted molar refractivity (Wildman–Crippen MR) is 178 cm³/mol. The molecule has 1 N–H and O–H groups in total. The number of allylic oxidation sites excluding steroid dienone is 4. The lowest BCUT2D eigenvalue weighted by molar-refractivity contribution is -0.161. The van der Waals surface area contributed by atoms with Gasteiger partial charge in [0.15, 0.2) is 6.10 Å². The summed E-state index contributed by atoms with van der Waals surface area (Å²) in [6.07, 6.45) is 38.0. The molecule has 0 aliphatic carbocycles. The minimum Gasteiger partial charge on any atom is -0.462 e. The molecule has 1 atom stereocenters. The zero-order valence-electron chi connectivity index (χ0n) is 27.8. The van der Waals surface area contributed by atoms with Crippen LogP contribution in [0.4, 0.5) is 0 Å². The van der Waals surface area contributed by atoms with E-state index in [0.717, 1.165) is 51.4 Å². The van der Waals surface area contributed by atoms with Crippen LogP contribution < -0.4 is 0 Å². The third-order valence-electron chi connectivity index (χ3n) is 7.75. The van der Waals surface area contributed by atoms with E-state index in [0.29, 0.717) is 12.8 Å². The molecule has 0 saturated heterocycles. The molecular formula is C37H68O5. The molecule has 0 radical (unpaired) electrons. The van der Waals surface area contributed by atoms with Crippen LogP contribution in [-0.4, -0.2) is 36.4 Å². The summed E-state index contributed by atoms with van der Waals surface area (Å²) < 4.78 is 10.6. The molecule has 0 fully saturated rings. The Morgan fingerprint density at radius 1 is 0.548 bits per heavy atom. The number of aliphatic hydroxyl groups is 1. The Kier molecular flexibility index (Phi) is 32.6. The maximum atomic E-state index is 12.1. The standard InChI is InChI=1S/C37H68O5/c1-3-5-7-9-11-13-15-17-18-20-22-24-26-28-30-32-37(40)42-35(33-38)34-41-36(39)31-29-27-25-23-21-19-16-14-12-10-8-6-4-2/h11,13,17-18,35,38H,3-10,12,14-16,19-34H2,1-2H3/b13-11+,18-17+. The van der Waals surface area contributed by atoms with Gasteiger partial charge in [-0.15, -0.1) is 0 Å². The van der Waals surface area contributed by atoms with E-state index in [1.807, 2.05) is 0 Å². The molecule has 0 amide bonds. The molecule has 0 aliphatic rings. The van der Waals surface area contributed by atoms with E-state index in [9.17, 15) is 14.7 Å². The largest absolute Gasteiger partial charge is 0.462 e. The fraction of sp³-hybridized carbons (Fsp3) is 0.838. The van der Waals surface area contributed by atoms with Gasteiger partial charge in [0.1, 0.15) is 6.61 Å². The van der Waals surface area contributed by atoms with Crippen molar-refractivity contribution >= 4 is 11.9 Å². The number of ether oxygens (including phenoxy) is 2. The third kappa shape index (κ3) is 31.3. The highest BCUT2D eigenvalue weighted by atomic mass is 16.6. The second-order valence-electron chi connectivity index (χ2n) is 12.0. The number of hydrogen-bond donors (Lipinski definition) is 1. The zero-order chi connectivity index (χ0) is 30.8. The molecule has 5 heteroatoms. The highest BCUT2D eigenvalue weighted by molar-refractivity contribution is 5.70. The van der Waals surface area contributed by atoms with Crippen molar-refractivity contribution in [3.8, 4) is 0 Å². The van der Waals surface area contributed by atoms with Crippen molar-refractivity contribution in [2.45, 2.75) is 187 Å². The van der Waals surface area contributed by atoms with Crippen molar-refractivity contribution in [1.82, 2.24) is 0 Å². The van der Waals surface area contributed by atoms with E-state index in [-0.39, 0.29) is 25.2 Å². The third-order valence-corrected chi connectivity index (χ3v) is 7.75. The van der Waals surface area contributed by atoms with Crippen LogP contribution >= 0.6 is 0 Å². The van der Waals surface area contributed by atoms with Gasteiger partial charge >= 0.3 is 11.9 Å². The number of hydrogen-bond acceptors (Lipinski definition) is 5. The van der Waals surface area contributed by atoms with Crippen molar-refractivity contribution in [1.29, 1.82) is 0 Å². The Balaban J connectivity index is 3.59. The molecule has 5 nitrogen and oxygen atoms in total. The molecule has 0 bridgehead atoms. The van der Waals surface area contributed by atoms with Gasteiger partial charge in [-0.05, 0) is 44.9 Å². The Morgan fingerprint density at radius 3 is 1.45 bits per heavy atom. The summed E-state index contributed by atoms with van der Waals surface area (Å²) in [6.45, 7) is 4.09. The molecular weight excluding hydrogens is 524 g/mol. The zero-order valence-corrected chi connectivity index (χ0v) is 27.8. The molecule has 0 spiro atoms. The SMILES string of the molecule is CCCCC/C=C/C/C=C/CCCCCCCC(=O)OC(CO)COC(=O)CCCCCCCCCCCCCCC. The summed E-state index contributed by atoms with van der Waals surface area (Å²) in [4.78, 5) is 24.1. The average molecular weight is 593 g/mol. The minimum absolute atomic E-state index is 0.0678. The number of carbonyl (C=O) groups excluding carboxylic acids is 2. The first kappa shape index (κ1) is 40.4. The van der Waals surface area contributed by atoms with Gasteiger partial charge in [0.2, 0.25) is 0 Å². The number of aliphatic hydroxyl groups excluding tert-OH is 1. The molecule has 246 valence electrons. The van der Waals surface area contributed by atoms with E-state index < -0.39 is 6.10 Å². The lowest BCUT2D eigenvalue weighted by atomic mass is 10.0. The second-order valence-corrected chi connectivity index (χ2v) is 12.0. The van der Waals surface area contributed by atoms with E-state index in [4.69, 9.17) is 9.47 Å². The highest BCUT2D eigenvalue weighted by Crippen LogP contribution is 2.14. The number of unbranched alkanes of at least 4 members (excludes halogenated alkanes) is 20. The van der Waals surface area contributed by atoms with E-state index in [1.165, 1.54) is 103 Å². The van der Waals surface area contributed by atoms with Crippen LogP contribution in [0.15, 0.2) is 24.3 Å². The van der Waals surface area contributed by atoms with Crippen molar-refractivity contribution in [3.63, 3.8) is 0 Å². The first-order chi connectivity index (χ1) is 20.6. The Bertz CT molecular complexity index is 642. The lowest BCUT2D eigenvalue weighted by Gasteiger charge is -2.15. The number of carbonyl (C=O) groups is 2. The van der Waals surface area contributed by atoms with E-state index in [2.05, 4.69) is 38.2 Å². The van der Waals surface area contributed by atoms with Crippen LogP contribution in [0.5, 0.6) is 0 Å². The van der Waals surface area contributed by atoms with Crippen LogP contribution in [0.1, 0.15) is 181 Å². The summed E-state index contributed by atoms with van der Waals surface area (Å²) >= 11 is 0. The van der Waals surface area contributed by atoms with Gasteiger partial charge in [-0.3, -0.25) is 9.59 Å². The summed E-state index contributed by atoms with van der Waals surface area (Å²) in [5.74, 6) is -0.603. The van der Waals surface area contributed by atoms with Crippen LogP contribution in [0.25, 0.3) is 0 Å². The molecule has 0 rings (SSSR count). The Morgan fingerprint density at radius 2 is 0.952 bits per heavy atom. The summed E-state index contributed by atoms with van der Waals surface area (Å²) in [5.41, 5.74) is 0. The van der Waals surface area contributed by atoms with E-state index >= 15 is 0 Å². The van der Waals surface area contributed by atoms with Crippen molar-refractivity contribution in [2.75, 3.05) is 13.2 Å². The first-order valence-corrected chi connectivity index (χ1v) is 17.9. The number of esters is 2. The quantitative estimate of drug-likeness (QED) is 0.0478. The van der Waals surface area contributed by atoms with Crippen LogP contribution in [-0.2, 0) is 19.1 Å². The minimum atomic E-state index is -0.772. The Labute approximate surface area is 260 Å². The molecule has 42 heavy (non-hydrogen) atoms. The normalized spacial score (nSPS) is 12.4. The summed E-state index contributed by atoms with van der Waals surface area (Å²) in [6, 6.07) is 0. The molecule has 0 saturated carbocycles. The van der Waals surface area contributed by atoms with Gasteiger partial charge < -0.3 is 14.6 Å². The van der Waals surface area contributed by atoms with Crippen LogP contribution in [0.2, 0.25) is 0 Å². The fourth-order valence-corrected chi connectivity index (χ4v) is 4.99. The predicted octanol–water partition coefficient (Wildman–Crippen LogP) is 10.7. The second kappa shape index (κ2) is 33.9. The van der Waals surface area contributed by atoms with Gasteiger partial charge in [-0.1, -0.05) is 147 Å². The van der Waals surface area contributed by atoms with Gasteiger partial charge in [0, 0.05) is 12.8 Å². The topological polar surface area (TPSA) is 72.8 Å². The summed E-state index contributed by atoms with van der Waals surface area (Å²) in [7, 11) is 0. The highest BCUT2D eigenvalue weighted by Gasteiger charge is 2.16. The first-order valence-electron chi connectivity index (χ1n) is 17.9. The maximum Gasteiger partial charge on any atom is 0.306 e. The molecule has 1 unspecified atom stereocenters. The van der Waals surface area contributed by atoms with Gasteiger partial charge in [-0.2, -0.15) is 0 Å². The average Bonchev–Trinajstić information content (AvgIpc) is 2.99. The molecule has 0 heterocycles. The molecule has 0 aliphatic heterocycles. The Hall–Kier alpha value is -1.62. The van der Waals surface area contributed by atoms with Gasteiger partial charge in [0.05, 0.1) is 6.61 Å².